The minimum atomic E-state index is 0.105. The van der Waals surface area contributed by atoms with E-state index in [1.807, 2.05) is 17.0 Å². The van der Waals surface area contributed by atoms with E-state index >= 15 is 0 Å². The van der Waals surface area contributed by atoms with Crippen LogP contribution in [0.1, 0.15) is 67.2 Å². The second-order valence-corrected chi connectivity index (χ2v) is 10.3. The normalized spacial score (nSPS) is 20.7. The Bertz CT molecular complexity index is 1160. The number of ketones is 1. The van der Waals surface area contributed by atoms with Crippen molar-refractivity contribution in [2.75, 3.05) is 13.1 Å². The number of likely N-dealkylation sites (tertiary alicyclic amines) is 1. The van der Waals surface area contributed by atoms with Crippen molar-refractivity contribution in [1.29, 1.82) is 5.26 Å². The molecule has 4 rings (SSSR count). The van der Waals surface area contributed by atoms with Gasteiger partial charge in [0.1, 0.15) is 11.9 Å². The molecule has 0 unspecified atom stereocenters. The van der Waals surface area contributed by atoms with Gasteiger partial charge in [-0.1, -0.05) is 53.6 Å². The fourth-order valence-electron chi connectivity index (χ4n) is 5.44. The van der Waals surface area contributed by atoms with Crippen LogP contribution in [0.2, 0.25) is 5.02 Å². The van der Waals surface area contributed by atoms with Crippen molar-refractivity contribution in [3.8, 4) is 6.07 Å². The molecule has 1 saturated carbocycles. The highest BCUT2D eigenvalue weighted by atomic mass is 35.5. The zero-order valence-electron chi connectivity index (χ0n) is 20.4. The molecule has 2 fully saturated rings. The molecule has 0 aromatic heterocycles. The second kappa shape index (κ2) is 11.7. The number of aryl methyl sites for hydroxylation is 1. The molecule has 1 heterocycles. The summed E-state index contributed by atoms with van der Waals surface area (Å²) < 4.78 is 0. The molecule has 0 bridgehead atoms. The van der Waals surface area contributed by atoms with E-state index < -0.39 is 0 Å². The third kappa shape index (κ3) is 6.41. The van der Waals surface area contributed by atoms with Gasteiger partial charge >= 0.3 is 0 Å². The molecule has 2 aromatic carbocycles. The monoisotopic (exact) mass is 488 g/mol. The second-order valence-electron chi connectivity index (χ2n) is 9.92. The van der Waals surface area contributed by atoms with Gasteiger partial charge < -0.3 is 4.90 Å². The largest absolute Gasteiger partial charge is 0.342 e. The van der Waals surface area contributed by atoms with Gasteiger partial charge in [0.2, 0.25) is 5.91 Å². The molecular weight excluding hydrogens is 456 g/mol. The molecule has 5 heteroatoms. The number of rotatable bonds is 8. The van der Waals surface area contributed by atoms with E-state index in [2.05, 4.69) is 43.3 Å². The van der Waals surface area contributed by atoms with Crippen molar-refractivity contribution in [3.05, 3.63) is 75.3 Å². The smallest absolute Gasteiger partial charge is 0.222 e. The zero-order chi connectivity index (χ0) is 24.8. The number of carbonyl (C=O) groups is 2. The Hall–Kier alpha value is -2.90. The minimum absolute atomic E-state index is 0.105. The molecule has 2 aromatic rings. The number of hydrogen-bond donors (Lipinski definition) is 0. The molecule has 2 aliphatic rings. The molecule has 1 aliphatic carbocycles. The van der Waals surface area contributed by atoms with E-state index in [0.29, 0.717) is 41.7 Å². The van der Waals surface area contributed by atoms with E-state index in [4.69, 9.17) is 11.6 Å². The van der Waals surface area contributed by atoms with Crippen molar-refractivity contribution in [1.82, 2.24) is 4.90 Å². The molecule has 0 spiro atoms. The van der Waals surface area contributed by atoms with Crippen LogP contribution in [0, 0.1) is 30.1 Å². The molecule has 1 amide bonds. The van der Waals surface area contributed by atoms with Gasteiger partial charge in [0.15, 0.2) is 0 Å². The fraction of sp³-hybridized carbons (Fsp3) is 0.433. The van der Waals surface area contributed by atoms with Crippen LogP contribution < -0.4 is 0 Å². The average Bonchev–Trinajstić information content (AvgIpc) is 3.28. The maximum atomic E-state index is 12.9. The van der Waals surface area contributed by atoms with Crippen molar-refractivity contribution < 1.29 is 9.59 Å². The number of nitrogens with zero attached hydrogens (tertiary/aromatic N) is 2. The Morgan fingerprint density at radius 2 is 1.89 bits per heavy atom. The summed E-state index contributed by atoms with van der Waals surface area (Å²) in [4.78, 5) is 26.6. The molecule has 4 nitrogen and oxygen atoms in total. The summed E-state index contributed by atoms with van der Waals surface area (Å²) in [5.74, 6) is 1.02. The first-order valence-corrected chi connectivity index (χ1v) is 13.1. The van der Waals surface area contributed by atoms with Crippen LogP contribution in [-0.4, -0.2) is 29.7 Å². The molecule has 0 atom stereocenters. The standard InChI is InChI=1S/C30H33ClN2O2/c1-21-5-2-3-6-25(21)19-27(17-22-8-9-26(20-32)28(31)18-22)23-10-12-24(13-11-23)29(34)14-16-33-15-4-7-30(33)35/h2-3,5-6,8-9,17-18,23-24H,4,7,10-16,19H2,1H3/b27-17+. The topological polar surface area (TPSA) is 61.2 Å². The average molecular weight is 489 g/mol. The summed E-state index contributed by atoms with van der Waals surface area (Å²) in [6.45, 7) is 3.52. The Morgan fingerprint density at radius 1 is 1.14 bits per heavy atom. The van der Waals surface area contributed by atoms with Crippen LogP contribution in [0.4, 0.5) is 0 Å². The molecule has 182 valence electrons. The number of carbonyl (C=O) groups excluding carboxylic acids is 2. The Balaban J connectivity index is 1.45. The van der Waals surface area contributed by atoms with Crippen LogP contribution in [-0.2, 0) is 16.0 Å². The molecule has 0 N–H and O–H groups in total. The van der Waals surface area contributed by atoms with Crippen LogP contribution in [0.3, 0.4) is 0 Å². The summed E-state index contributed by atoms with van der Waals surface area (Å²) in [6.07, 6.45) is 8.89. The van der Waals surface area contributed by atoms with Crippen LogP contribution in [0.5, 0.6) is 0 Å². The number of Topliss-reactive ketones (excluding diaryl/α,β-unsaturated/α-hetero) is 1. The maximum Gasteiger partial charge on any atom is 0.222 e. The number of benzene rings is 2. The van der Waals surface area contributed by atoms with Crippen molar-refractivity contribution in [3.63, 3.8) is 0 Å². The molecule has 1 saturated heterocycles. The zero-order valence-corrected chi connectivity index (χ0v) is 21.2. The number of halogens is 1. The summed E-state index contributed by atoms with van der Waals surface area (Å²) in [7, 11) is 0. The van der Waals surface area contributed by atoms with Gasteiger partial charge in [-0.3, -0.25) is 9.59 Å². The highest BCUT2D eigenvalue weighted by Crippen LogP contribution is 2.37. The van der Waals surface area contributed by atoms with E-state index in [1.165, 1.54) is 16.7 Å². The lowest BCUT2D eigenvalue weighted by Gasteiger charge is -2.30. The van der Waals surface area contributed by atoms with Gasteiger partial charge in [0.05, 0.1) is 10.6 Å². The molecule has 35 heavy (non-hydrogen) atoms. The number of amides is 1. The summed E-state index contributed by atoms with van der Waals surface area (Å²) >= 11 is 6.31. The molecular formula is C30H33ClN2O2. The number of allylic oxidation sites excluding steroid dienone is 1. The maximum absolute atomic E-state index is 12.9. The van der Waals surface area contributed by atoms with E-state index in [1.54, 1.807) is 6.07 Å². The first-order chi connectivity index (χ1) is 16.9. The highest BCUT2D eigenvalue weighted by molar-refractivity contribution is 6.31. The molecule has 1 aliphatic heterocycles. The lowest BCUT2D eigenvalue weighted by molar-refractivity contribution is -0.129. The van der Waals surface area contributed by atoms with Gasteiger partial charge in [0.25, 0.3) is 0 Å². The first-order valence-electron chi connectivity index (χ1n) is 12.7. The predicted octanol–water partition coefficient (Wildman–Crippen LogP) is 6.53. The van der Waals surface area contributed by atoms with Gasteiger partial charge in [0, 0.05) is 31.8 Å². The third-order valence-electron chi connectivity index (χ3n) is 7.63. The summed E-state index contributed by atoms with van der Waals surface area (Å²) in [6, 6.07) is 16.2. The van der Waals surface area contributed by atoms with Crippen LogP contribution in [0.25, 0.3) is 6.08 Å². The van der Waals surface area contributed by atoms with Crippen molar-refractivity contribution in [2.45, 2.75) is 58.3 Å². The van der Waals surface area contributed by atoms with Crippen molar-refractivity contribution >= 4 is 29.4 Å². The summed E-state index contributed by atoms with van der Waals surface area (Å²) in [5, 5.41) is 9.68. The number of nitriles is 1. The SMILES string of the molecule is Cc1ccccc1C/C(=C\c1ccc(C#N)c(Cl)c1)C1CCC(C(=O)CCN2CCCC2=O)CC1. The van der Waals surface area contributed by atoms with E-state index in [-0.39, 0.29) is 11.8 Å². The van der Waals surface area contributed by atoms with E-state index in [9.17, 15) is 14.9 Å². The molecule has 0 radical (unpaired) electrons. The lowest BCUT2D eigenvalue weighted by atomic mass is 9.74. The van der Waals surface area contributed by atoms with Gasteiger partial charge in [-0.25, -0.2) is 0 Å². The minimum Gasteiger partial charge on any atom is -0.342 e. The van der Waals surface area contributed by atoms with Crippen LogP contribution >= 0.6 is 11.6 Å². The van der Waals surface area contributed by atoms with Gasteiger partial charge in [-0.2, -0.15) is 5.26 Å². The van der Waals surface area contributed by atoms with Crippen LogP contribution in [0.15, 0.2) is 48.0 Å². The third-order valence-corrected chi connectivity index (χ3v) is 7.94. The predicted molar refractivity (Wildman–Crippen MR) is 140 cm³/mol. The Labute approximate surface area is 213 Å². The first kappa shape index (κ1) is 25.2. The lowest BCUT2D eigenvalue weighted by Crippen LogP contribution is -2.30. The number of hydrogen-bond acceptors (Lipinski definition) is 3. The Kier molecular flexibility index (Phi) is 8.42. The fourth-order valence-corrected chi connectivity index (χ4v) is 5.67. The van der Waals surface area contributed by atoms with Gasteiger partial charge in [-0.15, -0.1) is 0 Å². The quantitative estimate of drug-likeness (QED) is 0.424. The summed E-state index contributed by atoms with van der Waals surface area (Å²) in [5.41, 5.74) is 5.43. The highest BCUT2D eigenvalue weighted by Gasteiger charge is 2.29. The van der Waals surface area contributed by atoms with Crippen molar-refractivity contribution in [2.24, 2.45) is 11.8 Å². The van der Waals surface area contributed by atoms with Gasteiger partial charge in [-0.05, 0) is 80.2 Å². The van der Waals surface area contributed by atoms with E-state index in [0.717, 1.165) is 50.6 Å². The Morgan fingerprint density at radius 3 is 2.54 bits per heavy atom.